The Morgan fingerprint density at radius 1 is 1.29 bits per heavy atom. The first kappa shape index (κ1) is 25.2. The van der Waals surface area contributed by atoms with Gasteiger partial charge in [-0.25, -0.2) is 0 Å². The number of aryl methyl sites for hydroxylation is 2. The molecule has 2 heterocycles. The van der Waals surface area contributed by atoms with E-state index in [1.54, 1.807) is 0 Å². The van der Waals surface area contributed by atoms with Crippen LogP contribution in [0.25, 0.3) is 0 Å². The lowest BCUT2D eigenvalue weighted by Crippen LogP contribution is -2.46. The number of halogens is 1. The first-order valence-electron chi connectivity index (χ1n) is 10.4. The van der Waals surface area contributed by atoms with Gasteiger partial charge in [0.2, 0.25) is 0 Å². The Kier molecular flexibility index (Phi) is 12.7. The van der Waals surface area contributed by atoms with Crippen LogP contribution in [-0.2, 0) is 18.2 Å². The fourth-order valence-corrected chi connectivity index (χ4v) is 3.46. The summed E-state index contributed by atoms with van der Waals surface area (Å²) in [4.78, 5) is 7.43. The van der Waals surface area contributed by atoms with Crippen LogP contribution in [0.3, 0.4) is 0 Å². The van der Waals surface area contributed by atoms with Crippen LogP contribution < -0.4 is 10.6 Å². The molecule has 1 aromatic rings. The average molecular weight is 506 g/mol. The number of aliphatic imine (C=N–C) groups is 1. The summed E-state index contributed by atoms with van der Waals surface area (Å²) in [5, 5.41) is 11.1. The second-order valence-corrected chi connectivity index (χ2v) is 7.70. The van der Waals surface area contributed by atoms with Crippen molar-refractivity contribution in [3.8, 4) is 0 Å². The van der Waals surface area contributed by atoms with Crippen LogP contribution in [0.15, 0.2) is 17.4 Å². The lowest BCUT2D eigenvalue weighted by Gasteiger charge is -2.34. The van der Waals surface area contributed by atoms with E-state index in [-0.39, 0.29) is 24.0 Å². The number of rotatable bonds is 10. The highest BCUT2D eigenvalue weighted by Crippen LogP contribution is 2.14. The molecule has 1 saturated heterocycles. The van der Waals surface area contributed by atoms with E-state index in [1.165, 1.54) is 12.0 Å². The quantitative estimate of drug-likeness (QED) is 0.221. The molecule has 1 aliphatic heterocycles. The van der Waals surface area contributed by atoms with Crippen LogP contribution in [0, 0.1) is 5.92 Å². The minimum Gasteiger partial charge on any atom is -0.379 e. The molecule has 7 nitrogen and oxygen atoms in total. The Morgan fingerprint density at radius 3 is 2.64 bits per heavy atom. The fourth-order valence-electron chi connectivity index (χ4n) is 3.46. The smallest absolute Gasteiger partial charge is 0.191 e. The number of ether oxygens (including phenoxy) is 1. The van der Waals surface area contributed by atoms with E-state index in [0.29, 0.717) is 12.0 Å². The molecule has 1 atom stereocenters. The molecule has 0 aliphatic carbocycles. The molecule has 28 heavy (non-hydrogen) atoms. The Bertz CT molecular complexity index is 557. The summed E-state index contributed by atoms with van der Waals surface area (Å²) in [6.45, 7) is 13.0. The van der Waals surface area contributed by atoms with Crippen LogP contribution in [0.2, 0.25) is 0 Å². The SMILES string of the molecule is CCNC(=NCC(CC(C)C)N1CCOCC1)NCCCc1cnn(C)c1.I. The molecule has 0 bridgehead atoms. The van der Waals surface area contributed by atoms with E-state index in [2.05, 4.69) is 47.6 Å². The van der Waals surface area contributed by atoms with Crippen molar-refractivity contribution < 1.29 is 4.74 Å². The average Bonchev–Trinajstić information content (AvgIpc) is 3.07. The summed E-state index contributed by atoms with van der Waals surface area (Å²) < 4.78 is 7.37. The number of aromatic nitrogens is 2. The predicted molar refractivity (Wildman–Crippen MR) is 127 cm³/mol. The standard InChI is InChI=1S/C20H38N6O.HI/c1-5-21-20(22-8-6-7-18-14-24-25(4)16-18)23-15-19(13-17(2)3)26-9-11-27-12-10-26;/h14,16-17,19H,5-13,15H2,1-4H3,(H2,21,22,23);1H. The van der Waals surface area contributed by atoms with E-state index >= 15 is 0 Å². The third-order valence-electron chi connectivity index (χ3n) is 4.80. The second kappa shape index (κ2) is 14.2. The molecule has 2 N–H and O–H groups in total. The van der Waals surface area contributed by atoms with Crippen molar-refractivity contribution in [2.24, 2.45) is 18.0 Å². The summed E-state index contributed by atoms with van der Waals surface area (Å²) >= 11 is 0. The summed E-state index contributed by atoms with van der Waals surface area (Å²) in [6, 6.07) is 0.486. The molecule has 0 saturated carbocycles. The van der Waals surface area contributed by atoms with Crippen LogP contribution in [0.1, 0.15) is 39.2 Å². The zero-order chi connectivity index (χ0) is 19.5. The van der Waals surface area contributed by atoms with Gasteiger partial charge in [0.25, 0.3) is 0 Å². The molecule has 1 aromatic heterocycles. The van der Waals surface area contributed by atoms with Crippen LogP contribution in [0.5, 0.6) is 0 Å². The Morgan fingerprint density at radius 2 is 2.04 bits per heavy atom. The predicted octanol–water partition coefficient (Wildman–Crippen LogP) is 2.27. The molecule has 0 radical (unpaired) electrons. The molecule has 8 heteroatoms. The highest BCUT2D eigenvalue weighted by molar-refractivity contribution is 14.0. The van der Waals surface area contributed by atoms with Gasteiger partial charge in [0.1, 0.15) is 0 Å². The molecule has 2 rings (SSSR count). The van der Waals surface area contributed by atoms with E-state index in [1.807, 2.05) is 17.9 Å². The van der Waals surface area contributed by atoms with Gasteiger partial charge in [-0.3, -0.25) is 14.6 Å². The third-order valence-corrected chi connectivity index (χ3v) is 4.80. The number of hydrogen-bond donors (Lipinski definition) is 2. The van der Waals surface area contributed by atoms with Crippen molar-refractivity contribution in [2.75, 3.05) is 45.9 Å². The molecular weight excluding hydrogens is 467 g/mol. The van der Waals surface area contributed by atoms with Gasteiger partial charge >= 0.3 is 0 Å². The highest BCUT2D eigenvalue weighted by Gasteiger charge is 2.21. The lowest BCUT2D eigenvalue weighted by atomic mass is 10.0. The minimum absolute atomic E-state index is 0. The Hall–Kier alpha value is -0.870. The van der Waals surface area contributed by atoms with Gasteiger partial charge in [0.15, 0.2) is 5.96 Å². The monoisotopic (exact) mass is 506 g/mol. The van der Waals surface area contributed by atoms with Crippen molar-refractivity contribution in [1.82, 2.24) is 25.3 Å². The summed E-state index contributed by atoms with van der Waals surface area (Å²) in [5.74, 6) is 1.59. The van der Waals surface area contributed by atoms with Gasteiger partial charge in [-0.15, -0.1) is 24.0 Å². The van der Waals surface area contributed by atoms with Crippen molar-refractivity contribution in [1.29, 1.82) is 0 Å². The van der Waals surface area contributed by atoms with Crippen LogP contribution in [-0.4, -0.2) is 72.6 Å². The first-order chi connectivity index (χ1) is 13.1. The van der Waals surface area contributed by atoms with E-state index in [9.17, 15) is 0 Å². The molecule has 0 spiro atoms. The third kappa shape index (κ3) is 9.56. The largest absolute Gasteiger partial charge is 0.379 e. The van der Waals surface area contributed by atoms with Crippen molar-refractivity contribution in [3.05, 3.63) is 18.0 Å². The number of hydrogen-bond acceptors (Lipinski definition) is 4. The number of morpholine rings is 1. The topological polar surface area (TPSA) is 66.7 Å². The number of nitrogens with one attached hydrogen (secondary N) is 2. The van der Waals surface area contributed by atoms with Gasteiger partial charge in [0, 0.05) is 45.5 Å². The molecule has 1 fully saturated rings. The fraction of sp³-hybridized carbons (Fsp3) is 0.800. The Balaban J connectivity index is 0.00000392. The molecule has 0 aromatic carbocycles. The van der Waals surface area contributed by atoms with Gasteiger partial charge in [-0.2, -0.15) is 5.10 Å². The normalized spacial score (nSPS) is 16.7. The summed E-state index contributed by atoms with van der Waals surface area (Å²) in [7, 11) is 1.96. The lowest BCUT2D eigenvalue weighted by molar-refractivity contribution is 0.0143. The first-order valence-corrected chi connectivity index (χ1v) is 10.4. The van der Waals surface area contributed by atoms with Gasteiger partial charge < -0.3 is 15.4 Å². The van der Waals surface area contributed by atoms with E-state index < -0.39 is 0 Å². The van der Waals surface area contributed by atoms with Crippen molar-refractivity contribution in [3.63, 3.8) is 0 Å². The summed E-state index contributed by atoms with van der Waals surface area (Å²) in [6.07, 6.45) is 7.29. The summed E-state index contributed by atoms with van der Waals surface area (Å²) in [5.41, 5.74) is 1.28. The van der Waals surface area contributed by atoms with Crippen LogP contribution >= 0.6 is 24.0 Å². The molecule has 1 aliphatic rings. The maximum Gasteiger partial charge on any atom is 0.191 e. The highest BCUT2D eigenvalue weighted by atomic mass is 127. The molecular formula is C20H39IN6O. The molecule has 0 amide bonds. The maximum absolute atomic E-state index is 5.51. The molecule has 1 unspecified atom stereocenters. The zero-order valence-corrected chi connectivity index (χ0v) is 20.3. The van der Waals surface area contributed by atoms with Crippen molar-refractivity contribution in [2.45, 2.75) is 46.1 Å². The number of nitrogens with zero attached hydrogens (tertiary/aromatic N) is 4. The number of guanidine groups is 1. The zero-order valence-electron chi connectivity index (χ0n) is 18.0. The van der Waals surface area contributed by atoms with Gasteiger partial charge in [-0.05, 0) is 37.7 Å². The second-order valence-electron chi connectivity index (χ2n) is 7.70. The van der Waals surface area contributed by atoms with E-state index in [4.69, 9.17) is 9.73 Å². The minimum atomic E-state index is 0. The Labute approximate surface area is 187 Å². The maximum atomic E-state index is 5.51. The van der Waals surface area contributed by atoms with Crippen LogP contribution in [0.4, 0.5) is 0 Å². The van der Waals surface area contributed by atoms with Crippen molar-refractivity contribution >= 4 is 29.9 Å². The van der Waals surface area contributed by atoms with Gasteiger partial charge in [-0.1, -0.05) is 13.8 Å². The molecule has 162 valence electrons. The van der Waals surface area contributed by atoms with Gasteiger partial charge in [0.05, 0.1) is 26.0 Å². The van der Waals surface area contributed by atoms with E-state index in [0.717, 1.165) is 64.7 Å².